The zero-order valence-corrected chi connectivity index (χ0v) is 12.2. The summed E-state index contributed by atoms with van der Waals surface area (Å²) in [7, 11) is 0. The molecule has 3 rings (SSSR count). The van der Waals surface area contributed by atoms with Crippen LogP contribution in [0.2, 0.25) is 0 Å². The molecule has 2 aromatic rings. The van der Waals surface area contributed by atoms with E-state index in [2.05, 4.69) is 11.8 Å². The van der Waals surface area contributed by atoms with E-state index >= 15 is 0 Å². The molecular weight excluding hydrogens is 298 g/mol. The number of nitro groups is 1. The van der Waals surface area contributed by atoms with Gasteiger partial charge >= 0.3 is 0 Å². The average Bonchev–Trinajstić information content (AvgIpc) is 2.99. The van der Waals surface area contributed by atoms with E-state index in [4.69, 9.17) is 9.47 Å². The number of rotatable bonds is 2. The van der Waals surface area contributed by atoms with Crippen molar-refractivity contribution in [2.24, 2.45) is 0 Å². The molecule has 2 aromatic carbocycles. The van der Waals surface area contributed by atoms with Gasteiger partial charge in [0.2, 0.25) is 6.79 Å². The van der Waals surface area contributed by atoms with Crippen LogP contribution in [0.4, 0.5) is 5.69 Å². The van der Waals surface area contributed by atoms with E-state index in [0.29, 0.717) is 28.2 Å². The molecule has 6 heteroatoms. The molecule has 0 aliphatic carbocycles. The summed E-state index contributed by atoms with van der Waals surface area (Å²) in [5.74, 6) is 6.75. The molecule has 114 valence electrons. The maximum atomic E-state index is 11.8. The second-order valence-corrected chi connectivity index (χ2v) is 4.86. The summed E-state index contributed by atoms with van der Waals surface area (Å²) < 4.78 is 10.5. The van der Waals surface area contributed by atoms with Crippen molar-refractivity contribution in [3.63, 3.8) is 0 Å². The maximum absolute atomic E-state index is 11.8. The summed E-state index contributed by atoms with van der Waals surface area (Å²) in [5.41, 5.74) is 1.59. The molecule has 1 heterocycles. The van der Waals surface area contributed by atoms with Crippen molar-refractivity contribution in [2.45, 2.75) is 6.92 Å². The van der Waals surface area contributed by atoms with Crippen LogP contribution in [0.15, 0.2) is 36.4 Å². The zero-order chi connectivity index (χ0) is 16.4. The van der Waals surface area contributed by atoms with E-state index in [1.807, 2.05) is 0 Å². The third-order valence-corrected chi connectivity index (χ3v) is 3.31. The van der Waals surface area contributed by atoms with Gasteiger partial charge in [-0.3, -0.25) is 14.9 Å². The summed E-state index contributed by atoms with van der Waals surface area (Å²) in [6, 6.07) is 9.17. The average molecular weight is 309 g/mol. The van der Waals surface area contributed by atoms with Gasteiger partial charge in [0.15, 0.2) is 17.3 Å². The molecule has 1 aliphatic rings. The molecule has 0 fully saturated rings. The third-order valence-electron chi connectivity index (χ3n) is 3.31. The van der Waals surface area contributed by atoms with Crippen LogP contribution in [-0.2, 0) is 0 Å². The van der Waals surface area contributed by atoms with Crippen molar-refractivity contribution in [1.29, 1.82) is 0 Å². The highest BCUT2D eigenvalue weighted by atomic mass is 16.7. The number of hydrogen-bond donors (Lipinski definition) is 0. The minimum atomic E-state index is -0.469. The number of Topliss-reactive ketones (excluding diaryl/α,β-unsaturated/α-hetero) is 1. The molecule has 0 atom stereocenters. The first kappa shape index (κ1) is 14.6. The molecule has 6 nitrogen and oxygen atoms in total. The Labute approximate surface area is 131 Å². The molecule has 23 heavy (non-hydrogen) atoms. The predicted molar refractivity (Wildman–Crippen MR) is 81.6 cm³/mol. The molecule has 0 spiro atoms. The molecule has 0 aromatic heterocycles. The fraction of sp³-hybridized carbons (Fsp3) is 0.118. The van der Waals surface area contributed by atoms with Gasteiger partial charge in [-0.15, -0.1) is 0 Å². The molecule has 1 aliphatic heterocycles. The van der Waals surface area contributed by atoms with E-state index in [1.165, 1.54) is 19.1 Å². The van der Waals surface area contributed by atoms with Crippen LogP contribution in [0.1, 0.15) is 28.4 Å². The summed E-state index contributed by atoms with van der Waals surface area (Å²) >= 11 is 0. The number of benzene rings is 2. The number of carbonyl (C=O) groups excluding carboxylic acids is 1. The van der Waals surface area contributed by atoms with Crippen molar-refractivity contribution < 1.29 is 19.2 Å². The lowest BCUT2D eigenvalue weighted by atomic mass is 10.0. The first-order valence-corrected chi connectivity index (χ1v) is 6.75. The lowest BCUT2D eigenvalue weighted by Gasteiger charge is -2.03. The quantitative estimate of drug-likeness (QED) is 0.369. The van der Waals surface area contributed by atoms with Crippen LogP contribution >= 0.6 is 0 Å². The van der Waals surface area contributed by atoms with Crippen LogP contribution in [0.5, 0.6) is 11.5 Å². The van der Waals surface area contributed by atoms with E-state index in [-0.39, 0.29) is 18.3 Å². The Hall–Kier alpha value is -3.33. The lowest BCUT2D eigenvalue weighted by Crippen LogP contribution is -1.97. The highest BCUT2D eigenvalue weighted by Crippen LogP contribution is 2.34. The fourth-order valence-corrected chi connectivity index (χ4v) is 2.14. The van der Waals surface area contributed by atoms with Crippen LogP contribution in [0, 0.1) is 22.0 Å². The van der Waals surface area contributed by atoms with Gasteiger partial charge in [0.05, 0.1) is 4.92 Å². The van der Waals surface area contributed by atoms with Crippen molar-refractivity contribution >= 4 is 11.5 Å². The molecule has 0 saturated heterocycles. The molecule has 0 unspecified atom stereocenters. The Kier molecular flexibility index (Phi) is 3.69. The summed E-state index contributed by atoms with van der Waals surface area (Å²) in [6.45, 7) is 1.57. The van der Waals surface area contributed by atoms with E-state index in [1.54, 1.807) is 24.3 Å². The summed E-state index contributed by atoms with van der Waals surface area (Å²) in [4.78, 5) is 21.9. The number of ketones is 1. The minimum absolute atomic E-state index is 0.00283. The van der Waals surface area contributed by atoms with Crippen molar-refractivity contribution in [2.75, 3.05) is 6.79 Å². The van der Waals surface area contributed by atoms with Crippen LogP contribution < -0.4 is 9.47 Å². The standard InChI is InChI=1S/C17H11NO5/c1-11(19)15-9-17-16(22-10-23-17)8-13(15)5-2-12-3-6-14(7-4-12)18(20)21/h3-4,6-9H,10H2,1H3. The van der Waals surface area contributed by atoms with Gasteiger partial charge in [-0.25, -0.2) is 0 Å². The number of nitrogens with zero attached hydrogens (tertiary/aromatic N) is 1. The smallest absolute Gasteiger partial charge is 0.269 e. The van der Waals surface area contributed by atoms with Crippen molar-refractivity contribution in [1.82, 2.24) is 0 Å². The second-order valence-electron chi connectivity index (χ2n) is 4.86. The zero-order valence-electron chi connectivity index (χ0n) is 12.2. The van der Waals surface area contributed by atoms with E-state index in [9.17, 15) is 14.9 Å². The first-order valence-electron chi connectivity index (χ1n) is 6.75. The van der Waals surface area contributed by atoms with Crippen LogP contribution in [0.3, 0.4) is 0 Å². The largest absolute Gasteiger partial charge is 0.454 e. The van der Waals surface area contributed by atoms with Gasteiger partial charge in [0.25, 0.3) is 5.69 Å². The normalized spacial score (nSPS) is 11.5. The van der Waals surface area contributed by atoms with Gasteiger partial charge in [0.1, 0.15) is 0 Å². The number of non-ortho nitro benzene ring substituents is 1. The number of ether oxygens (including phenoxy) is 2. The Morgan fingerprint density at radius 3 is 2.39 bits per heavy atom. The summed E-state index contributed by atoms with van der Waals surface area (Å²) in [6.07, 6.45) is 0. The van der Waals surface area contributed by atoms with Gasteiger partial charge in [-0.1, -0.05) is 11.8 Å². The molecule has 0 saturated carbocycles. The number of nitro benzene ring substituents is 1. The Morgan fingerprint density at radius 1 is 1.13 bits per heavy atom. The van der Waals surface area contributed by atoms with Crippen molar-refractivity contribution in [3.05, 3.63) is 63.2 Å². The Morgan fingerprint density at radius 2 is 1.78 bits per heavy atom. The Balaban J connectivity index is 1.97. The predicted octanol–water partition coefficient (Wildman–Crippen LogP) is 2.93. The number of fused-ring (bicyclic) bond motifs is 1. The lowest BCUT2D eigenvalue weighted by molar-refractivity contribution is -0.384. The highest BCUT2D eigenvalue weighted by molar-refractivity contribution is 5.97. The van der Waals surface area contributed by atoms with Crippen LogP contribution in [-0.4, -0.2) is 17.5 Å². The minimum Gasteiger partial charge on any atom is -0.454 e. The molecule has 0 radical (unpaired) electrons. The SMILES string of the molecule is CC(=O)c1cc2c(cc1C#Cc1ccc([N+](=O)[O-])cc1)OCO2. The van der Waals surface area contributed by atoms with Crippen molar-refractivity contribution in [3.8, 4) is 23.3 Å². The van der Waals surface area contributed by atoms with Crippen LogP contribution in [0.25, 0.3) is 0 Å². The first-order chi connectivity index (χ1) is 11.0. The summed E-state index contributed by atoms with van der Waals surface area (Å²) in [5, 5.41) is 10.6. The topological polar surface area (TPSA) is 78.7 Å². The Bertz CT molecular complexity index is 859. The fourth-order valence-electron chi connectivity index (χ4n) is 2.14. The van der Waals surface area contributed by atoms with Gasteiger partial charge in [-0.2, -0.15) is 0 Å². The van der Waals surface area contributed by atoms with Gasteiger partial charge in [-0.05, 0) is 25.1 Å². The van der Waals surface area contributed by atoms with E-state index in [0.717, 1.165) is 0 Å². The van der Waals surface area contributed by atoms with Gasteiger partial charge in [0, 0.05) is 34.9 Å². The monoisotopic (exact) mass is 309 g/mol. The van der Waals surface area contributed by atoms with Gasteiger partial charge < -0.3 is 9.47 Å². The molecule has 0 N–H and O–H groups in total. The third kappa shape index (κ3) is 2.99. The maximum Gasteiger partial charge on any atom is 0.269 e. The molecule has 0 amide bonds. The highest BCUT2D eigenvalue weighted by Gasteiger charge is 2.18. The van der Waals surface area contributed by atoms with E-state index < -0.39 is 4.92 Å². The number of carbonyl (C=O) groups is 1. The number of hydrogen-bond acceptors (Lipinski definition) is 5. The second kappa shape index (κ2) is 5.81. The molecule has 0 bridgehead atoms. The molecular formula is C17H11NO5.